The maximum atomic E-state index is 12.0. The van der Waals surface area contributed by atoms with Crippen LogP contribution in [0.1, 0.15) is 57.8 Å². The third-order valence-corrected chi connectivity index (χ3v) is 6.07. The molecule has 4 N–H and O–H groups in total. The predicted octanol–water partition coefficient (Wildman–Crippen LogP) is 3.87. The van der Waals surface area contributed by atoms with Gasteiger partial charge in [0.2, 0.25) is 0 Å². The van der Waals surface area contributed by atoms with Gasteiger partial charge in [-0.15, -0.1) is 0 Å². The van der Waals surface area contributed by atoms with Crippen molar-refractivity contribution in [1.82, 2.24) is 9.61 Å². The quantitative estimate of drug-likeness (QED) is 0.680. The average molecular weight is 402 g/mol. The van der Waals surface area contributed by atoms with Gasteiger partial charge in [-0.1, -0.05) is 34.6 Å². The van der Waals surface area contributed by atoms with Crippen molar-refractivity contribution in [2.45, 2.75) is 53.5 Å². The Kier molecular flexibility index (Phi) is 5.73. The van der Waals surface area contributed by atoms with Gasteiger partial charge in [0.25, 0.3) is 5.91 Å². The van der Waals surface area contributed by atoms with E-state index in [2.05, 4.69) is 36.5 Å². The van der Waals surface area contributed by atoms with Crippen LogP contribution in [-0.4, -0.2) is 34.3 Å². The van der Waals surface area contributed by atoms with Gasteiger partial charge in [-0.05, 0) is 36.2 Å². The molecule has 2 aromatic heterocycles. The Bertz CT molecular complexity index is 918. The van der Waals surface area contributed by atoms with Crippen LogP contribution in [0.2, 0.25) is 0 Å². The van der Waals surface area contributed by atoms with Crippen molar-refractivity contribution >= 4 is 28.9 Å². The minimum atomic E-state index is -0.543. The molecule has 2 heterocycles. The number of fused-ring (bicyclic) bond motifs is 1. The summed E-state index contributed by atoms with van der Waals surface area (Å²) in [5.74, 6) is 0.273. The molecule has 1 fully saturated rings. The summed E-state index contributed by atoms with van der Waals surface area (Å²) in [6.45, 7) is 11.0. The summed E-state index contributed by atoms with van der Waals surface area (Å²) in [7, 11) is 0. The Morgan fingerprint density at radius 2 is 2.10 bits per heavy atom. The van der Waals surface area contributed by atoms with E-state index in [4.69, 9.17) is 10.5 Å². The molecule has 0 aliphatic heterocycles. The van der Waals surface area contributed by atoms with Gasteiger partial charge >= 0.3 is 6.09 Å². The molecule has 29 heavy (non-hydrogen) atoms. The van der Waals surface area contributed by atoms with Gasteiger partial charge in [0.1, 0.15) is 0 Å². The second-order valence-corrected chi connectivity index (χ2v) is 8.97. The van der Waals surface area contributed by atoms with Gasteiger partial charge in [0.05, 0.1) is 41.5 Å². The summed E-state index contributed by atoms with van der Waals surface area (Å²) in [6.07, 6.45) is 4.75. The first-order valence-electron chi connectivity index (χ1n) is 10.1. The zero-order valence-electron chi connectivity index (χ0n) is 17.8. The number of nitrogens with zero attached hydrogens (tertiary/aromatic N) is 2. The lowest BCUT2D eigenvalue weighted by atomic mass is 9.80. The van der Waals surface area contributed by atoms with E-state index in [-0.39, 0.29) is 17.4 Å². The number of aromatic nitrogens is 2. The molecule has 8 nitrogen and oxygen atoms in total. The van der Waals surface area contributed by atoms with Crippen molar-refractivity contribution in [2.24, 2.45) is 23.0 Å². The van der Waals surface area contributed by atoms with Crippen molar-refractivity contribution in [1.29, 1.82) is 0 Å². The van der Waals surface area contributed by atoms with Gasteiger partial charge < -0.3 is 15.8 Å². The molecule has 158 valence electrons. The minimum Gasteiger partial charge on any atom is -0.449 e. The van der Waals surface area contributed by atoms with Crippen molar-refractivity contribution in [3.05, 3.63) is 24.0 Å². The van der Waals surface area contributed by atoms with E-state index >= 15 is 0 Å². The summed E-state index contributed by atoms with van der Waals surface area (Å²) in [5, 5.41) is 10.5. The van der Waals surface area contributed by atoms with Crippen LogP contribution < -0.4 is 16.4 Å². The van der Waals surface area contributed by atoms with E-state index in [9.17, 15) is 9.59 Å². The highest BCUT2D eigenvalue weighted by atomic mass is 16.5. The van der Waals surface area contributed by atoms with Crippen molar-refractivity contribution in [2.75, 3.05) is 17.2 Å². The first-order chi connectivity index (χ1) is 13.6. The molecule has 0 aromatic carbocycles. The fourth-order valence-electron chi connectivity index (χ4n) is 3.80. The lowest BCUT2D eigenvalue weighted by molar-refractivity contribution is 0.100. The van der Waals surface area contributed by atoms with E-state index in [1.54, 1.807) is 16.8 Å². The lowest BCUT2D eigenvalue weighted by Gasteiger charge is -2.33. The first-order valence-corrected chi connectivity index (χ1v) is 10.1. The van der Waals surface area contributed by atoms with Crippen LogP contribution in [0.5, 0.6) is 0 Å². The number of amides is 2. The molecule has 1 aliphatic rings. The monoisotopic (exact) mass is 401 g/mol. The second-order valence-electron chi connectivity index (χ2n) is 8.97. The number of anilines is 2. The minimum absolute atomic E-state index is 0.0729. The summed E-state index contributed by atoms with van der Waals surface area (Å²) in [5.41, 5.74) is 7.87. The van der Waals surface area contributed by atoms with Crippen LogP contribution in [-0.2, 0) is 4.74 Å². The van der Waals surface area contributed by atoms with Crippen LogP contribution in [0.3, 0.4) is 0 Å². The largest absolute Gasteiger partial charge is 0.449 e. The number of hydrogen-bond acceptors (Lipinski definition) is 5. The zero-order chi connectivity index (χ0) is 21.3. The van der Waals surface area contributed by atoms with E-state index in [0.717, 1.165) is 12.8 Å². The van der Waals surface area contributed by atoms with E-state index in [0.29, 0.717) is 35.0 Å². The van der Waals surface area contributed by atoms with Gasteiger partial charge in [0.15, 0.2) is 0 Å². The topological polar surface area (TPSA) is 111 Å². The number of nitrogens with one attached hydrogen (secondary N) is 2. The van der Waals surface area contributed by atoms with Gasteiger partial charge in [-0.2, -0.15) is 5.10 Å². The molecular formula is C21H31N5O3. The number of hydrogen-bond donors (Lipinski definition) is 3. The van der Waals surface area contributed by atoms with Crippen LogP contribution >= 0.6 is 0 Å². The second kappa shape index (κ2) is 7.93. The highest BCUT2D eigenvalue weighted by Gasteiger charge is 2.41. The predicted molar refractivity (Wildman–Crippen MR) is 113 cm³/mol. The molecule has 0 saturated heterocycles. The lowest BCUT2D eigenvalue weighted by Crippen LogP contribution is -2.35. The molecule has 2 amide bonds. The van der Waals surface area contributed by atoms with E-state index < -0.39 is 12.0 Å². The molecule has 0 spiro atoms. The highest BCUT2D eigenvalue weighted by molar-refractivity contribution is 6.02. The normalized spacial score (nSPS) is 20.8. The summed E-state index contributed by atoms with van der Waals surface area (Å²) < 4.78 is 6.80. The highest BCUT2D eigenvalue weighted by Crippen LogP contribution is 2.44. The average Bonchev–Trinajstić information content (AvgIpc) is 3.15. The van der Waals surface area contributed by atoms with Crippen molar-refractivity contribution in [3.8, 4) is 0 Å². The Hall–Kier alpha value is -2.77. The molecule has 2 atom stereocenters. The summed E-state index contributed by atoms with van der Waals surface area (Å²) in [4.78, 5) is 24.0. The Morgan fingerprint density at radius 1 is 1.38 bits per heavy atom. The summed E-state index contributed by atoms with van der Waals surface area (Å²) in [6, 6.07) is 1.97. The zero-order valence-corrected chi connectivity index (χ0v) is 17.8. The SMILES string of the molecule is CC(C)COC(=O)Nc1cc2c(NC3CCC(C)C3(C)C)c(C(N)=O)cnn2c1. The fourth-order valence-corrected chi connectivity index (χ4v) is 3.80. The number of primary amides is 1. The third kappa shape index (κ3) is 4.31. The maximum Gasteiger partial charge on any atom is 0.411 e. The molecule has 1 aliphatic carbocycles. The number of carbonyl (C=O) groups excluding carboxylic acids is 2. The standard InChI is InChI=1S/C21H31N5O3/c1-12(2)11-29-20(28)24-14-8-16-18(15(19(22)27)9-23-26(16)10-14)25-17-7-6-13(3)21(17,4)5/h8-10,12-13,17,25H,6-7,11H2,1-5H3,(H2,22,27)(H,24,28). The number of ether oxygens (including phenoxy) is 1. The van der Waals surface area contributed by atoms with E-state index in [1.165, 1.54) is 6.20 Å². The van der Waals surface area contributed by atoms with E-state index in [1.807, 2.05) is 13.8 Å². The number of nitrogens with two attached hydrogens (primary N) is 1. The third-order valence-electron chi connectivity index (χ3n) is 6.07. The fraction of sp³-hybridized carbons (Fsp3) is 0.571. The molecule has 2 aromatic rings. The first kappa shape index (κ1) is 21.0. The molecular weight excluding hydrogens is 370 g/mol. The number of rotatable bonds is 6. The molecule has 2 unspecified atom stereocenters. The maximum absolute atomic E-state index is 12.0. The van der Waals surface area contributed by atoms with Gasteiger partial charge in [-0.25, -0.2) is 9.31 Å². The van der Waals surface area contributed by atoms with Crippen molar-refractivity contribution in [3.63, 3.8) is 0 Å². The van der Waals surface area contributed by atoms with Crippen LogP contribution in [0.25, 0.3) is 5.52 Å². The molecule has 3 rings (SSSR count). The molecule has 1 saturated carbocycles. The Morgan fingerprint density at radius 3 is 2.69 bits per heavy atom. The van der Waals surface area contributed by atoms with Crippen LogP contribution in [0.4, 0.5) is 16.2 Å². The Labute approximate surface area is 171 Å². The van der Waals surface area contributed by atoms with Crippen LogP contribution in [0.15, 0.2) is 18.5 Å². The molecule has 0 bridgehead atoms. The molecule has 0 radical (unpaired) electrons. The Balaban J connectivity index is 1.92. The van der Waals surface area contributed by atoms with Gasteiger partial charge in [0, 0.05) is 6.04 Å². The van der Waals surface area contributed by atoms with Crippen LogP contribution in [0, 0.1) is 17.3 Å². The smallest absolute Gasteiger partial charge is 0.411 e. The summed E-state index contributed by atoms with van der Waals surface area (Å²) >= 11 is 0. The van der Waals surface area contributed by atoms with Gasteiger partial charge in [-0.3, -0.25) is 10.1 Å². The number of carbonyl (C=O) groups is 2. The molecule has 8 heteroatoms. The van der Waals surface area contributed by atoms with Crippen molar-refractivity contribution < 1.29 is 14.3 Å².